The summed E-state index contributed by atoms with van der Waals surface area (Å²) < 4.78 is 10.9. The van der Waals surface area contributed by atoms with Crippen molar-refractivity contribution >= 4 is 41.0 Å². The second-order valence-corrected chi connectivity index (χ2v) is 8.37. The van der Waals surface area contributed by atoms with Crippen molar-refractivity contribution in [3.05, 3.63) is 94.5 Å². The van der Waals surface area contributed by atoms with E-state index in [0.29, 0.717) is 28.0 Å². The Morgan fingerprint density at radius 1 is 1.09 bits per heavy atom. The molecule has 0 fully saturated rings. The van der Waals surface area contributed by atoms with Gasteiger partial charge in [0.1, 0.15) is 6.17 Å². The molecule has 176 valence electrons. The Morgan fingerprint density at radius 3 is 2.66 bits per heavy atom. The Labute approximate surface area is 206 Å². The standard InChI is InChI=1S/C26H21ClN4O4/c1-16(32)28-26-30-29-25(19-8-12-23-24(14-19)35-15-34-23)31(26)21-9-6-18(7-10-21)22(33)11-5-17-3-2-4-20(27)13-17/h2-14,25,29H,15H2,1H3,(H,28,30,32)/b11-5+. The highest BCUT2D eigenvalue weighted by atomic mass is 35.5. The minimum Gasteiger partial charge on any atom is -0.454 e. The van der Waals surface area contributed by atoms with E-state index in [-0.39, 0.29) is 18.5 Å². The van der Waals surface area contributed by atoms with Gasteiger partial charge in [-0.3, -0.25) is 25.2 Å². The second kappa shape index (κ2) is 9.52. The van der Waals surface area contributed by atoms with Crippen LogP contribution in [0.1, 0.15) is 34.6 Å². The molecular weight excluding hydrogens is 468 g/mol. The van der Waals surface area contributed by atoms with Crippen LogP contribution in [0.5, 0.6) is 11.5 Å². The number of ether oxygens (including phenoxy) is 2. The molecule has 1 amide bonds. The highest BCUT2D eigenvalue weighted by Crippen LogP contribution is 2.37. The van der Waals surface area contributed by atoms with E-state index in [1.165, 1.54) is 13.0 Å². The zero-order chi connectivity index (χ0) is 24.4. The average Bonchev–Trinajstić information content (AvgIpc) is 3.49. The van der Waals surface area contributed by atoms with Crippen LogP contribution in [0.15, 0.2) is 77.9 Å². The molecule has 3 aromatic carbocycles. The van der Waals surface area contributed by atoms with Crippen LogP contribution in [0.2, 0.25) is 5.02 Å². The van der Waals surface area contributed by atoms with Crippen molar-refractivity contribution < 1.29 is 19.1 Å². The first-order chi connectivity index (χ1) is 17.0. The number of allylic oxidation sites excluding steroid dienone is 1. The molecule has 2 aliphatic heterocycles. The molecule has 3 aromatic rings. The fourth-order valence-electron chi connectivity index (χ4n) is 3.84. The SMILES string of the molecule is CC(=O)NC1=NNC(c2ccc3c(c2)OCO3)N1c1ccc(C(=O)/C=C/c2cccc(Cl)c2)cc1. The van der Waals surface area contributed by atoms with E-state index >= 15 is 0 Å². The number of ketones is 1. The number of amides is 1. The van der Waals surface area contributed by atoms with Crippen molar-refractivity contribution in [1.29, 1.82) is 0 Å². The number of fused-ring (bicyclic) bond motifs is 1. The van der Waals surface area contributed by atoms with Gasteiger partial charge in [0.25, 0.3) is 0 Å². The van der Waals surface area contributed by atoms with E-state index in [4.69, 9.17) is 21.1 Å². The average molecular weight is 489 g/mol. The molecule has 0 aromatic heterocycles. The Hall–Kier alpha value is -4.30. The number of hydrogen-bond acceptors (Lipinski definition) is 7. The van der Waals surface area contributed by atoms with Crippen molar-refractivity contribution in [2.45, 2.75) is 13.1 Å². The van der Waals surface area contributed by atoms with Crippen molar-refractivity contribution in [2.75, 3.05) is 11.7 Å². The van der Waals surface area contributed by atoms with Gasteiger partial charge in [0.05, 0.1) is 0 Å². The van der Waals surface area contributed by atoms with Gasteiger partial charge in [-0.05, 0) is 60.2 Å². The Balaban J connectivity index is 1.39. The lowest BCUT2D eigenvalue weighted by molar-refractivity contribution is -0.117. The van der Waals surface area contributed by atoms with E-state index in [9.17, 15) is 9.59 Å². The smallest absolute Gasteiger partial charge is 0.231 e. The van der Waals surface area contributed by atoms with Gasteiger partial charge >= 0.3 is 0 Å². The molecule has 0 bridgehead atoms. The van der Waals surface area contributed by atoms with Crippen LogP contribution in [0.25, 0.3) is 6.08 Å². The van der Waals surface area contributed by atoms with Gasteiger partial charge < -0.3 is 9.47 Å². The van der Waals surface area contributed by atoms with Gasteiger partial charge in [-0.2, -0.15) is 0 Å². The number of carbonyl (C=O) groups is 2. The van der Waals surface area contributed by atoms with Gasteiger partial charge in [-0.15, -0.1) is 5.10 Å². The number of carbonyl (C=O) groups excluding carboxylic acids is 2. The monoisotopic (exact) mass is 488 g/mol. The number of anilines is 1. The normalized spacial score (nSPS) is 16.2. The summed E-state index contributed by atoms with van der Waals surface area (Å²) in [5.41, 5.74) is 6.03. The maximum atomic E-state index is 12.7. The summed E-state index contributed by atoms with van der Waals surface area (Å²) in [7, 11) is 0. The van der Waals surface area contributed by atoms with Gasteiger partial charge in [0.15, 0.2) is 17.3 Å². The number of benzene rings is 3. The van der Waals surface area contributed by atoms with Crippen LogP contribution in [0.4, 0.5) is 5.69 Å². The molecule has 1 atom stereocenters. The summed E-state index contributed by atoms with van der Waals surface area (Å²) in [6.07, 6.45) is 2.83. The number of guanidine groups is 1. The van der Waals surface area contributed by atoms with E-state index in [0.717, 1.165) is 16.8 Å². The van der Waals surface area contributed by atoms with Crippen LogP contribution in [-0.2, 0) is 4.79 Å². The summed E-state index contributed by atoms with van der Waals surface area (Å²) in [5.74, 6) is 1.28. The maximum absolute atomic E-state index is 12.7. The predicted molar refractivity (Wildman–Crippen MR) is 133 cm³/mol. The van der Waals surface area contributed by atoms with E-state index in [1.54, 1.807) is 30.3 Å². The summed E-state index contributed by atoms with van der Waals surface area (Å²) >= 11 is 6.01. The fourth-order valence-corrected chi connectivity index (χ4v) is 4.04. The van der Waals surface area contributed by atoms with Crippen molar-refractivity contribution in [2.24, 2.45) is 5.10 Å². The molecular formula is C26H21ClN4O4. The number of rotatable bonds is 5. The minimum atomic E-state index is -0.407. The molecule has 9 heteroatoms. The first-order valence-corrected chi connectivity index (χ1v) is 11.2. The van der Waals surface area contributed by atoms with E-state index in [2.05, 4.69) is 15.8 Å². The lowest BCUT2D eigenvalue weighted by atomic mass is 10.1. The number of nitrogens with one attached hydrogen (secondary N) is 2. The predicted octanol–water partition coefficient (Wildman–Crippen LogP) is 4.48. The number of nitrogens with zero attached hydrogens (tertiary/aromatic N) is 2. The first kappa shape index (κ1) is 22.5. The first-order valence-electron chi connectivity index (χ1n) is 10.9. The molecule has 5 rings (SSSR count). The topological polar surface area (TPSA) is 92.3 Å². The summed E-state index contributed by atoms with van der Waals surface area (Å²) in [4.78, 5) is 26.3. The fraction of sp³-hybridized carbons (Fsp3) is 0.115. The van der Waals surface area contributed by atoms with Gasteiger partial charge in [0.2, 0.25) is 18.7 Å². The van der Waals surface area contributed by atoms with Crippen LogP contribution in [-0.4, -0.2) is 24.4 Å². The highest BCUT2D eigenvalue weighted by molar-refractivity contribution is 6.30. The van der Waals surface area contributed by atoms with Gasteiger partial charge in [0, 0.05) is 28.8 Å². The number of halogens is 1. The molecule has 2 aliphatic rings. The van der Waals surface area contributed by atoms with Gasteiger partial charge in [-0.25, -0.2) is 0 Å². The largest absolute Gasteiger partial charge is 0.454 e. The van der Waals surface area contributed by atoms with E-state index in [1.807, 2.05) is 47.4 Å². The third-order valence-electron chi connectivity index (χ3n) is 5.49. The third-order valence-corrected chi connectivity index (χ3v) is 5.72. The molecule has 2 heterocycles. The van der Waals surface area contributed by atoms with Gasteiger partial charge in [-0.1, -0.05) is 35.9 Å². The zero-order valence-electron chi connectivity index (χ0n) is 18.7. The molecule has 0 saturated heterocycles. The molecule has 35 heavy (non-hydrogen) atoms. The Kier molecular flexibility index (Phi) is 6.12. The Morgan fingerprint density at radius 2 is 1.89 bits per heavy atom. The maximum Gasteiger partial charge on any atom is 0.231 e. The lowest BCUT2D eigenvalue weighted by Crippen LogP contribution is -2.42. The molecule has 1 unspecified atom stereocenters. The molecule has 0 radical (unpaired) electrons. The summed E-state index contributed by atoms with van der Waals surface area (Å²) in [6, 6.07) is 20.0. The summed E-state index contributed by atoms with van der Waals surface area (Å²) in [6.45, 7) is 1.60. The summed E-state index contributed by atoms with van der Waals surface area (Å²) in [5, 5.41) is 7.67. The quantitative estimate of drug-likeness (QED) is 0.406. The van der Waals surface area contributed by atoms with Crippen LogP contribution < -0.4 is 25.1 Å². The van der Waals surface area contributed by atoms with Crippen LogP contribution in [0.3, 0.4) is 0 Å². The number of hydrogen-bond donors (Lipinski definition) is 2. The van der Waals surface area contributed by atoms with Crippen molar-refractivity contribution in [3.8, 4) is 11.5 Å². The van der Waals surface area contributed by atoms with Crippen molar-refractivity contribution in [1.82, 2.24) is 10.7 Å². The Bertz CT molecular complexity index is 1350. The minimum absolute atomic E-state index is 0.140. The molecule has 2 N–H and O–H groups in total. The highest BCUT2D eigenvalue weighted by Gasteiger charge is 2.32. The van der Waals surface area contributed by atoms with E-state index < -0.39 is 6.17 Å². The second-order valence-electron chi connectivity index (χ2n) is 7.93. The zero-order valence-corrected chi connectivity index (χ0v) is 19.5. The lowest BCUT2D eigenvalue weighted by Gasteiger charge is -2.27. The third kappa shape index (κ3) is 4.83. The molecule has 8 nitrogen and oxygen atoms in total. The van der Waals surface area contributed by atoms with Crippen molar-refractivity contribution in [3.63, 3.8) is 0 Å². The molecule has 0 saturated carbocycles. The molecule has 0 spiro atoms. The molecule has 0 aliphatic carbocycles. The van der Waals surface area contributed by atoms with Crippen LogP contribution in [0, 0.1) is 0 Å². The number of hydrazone groups is 1. The van der Waals surface area contributed by atoms with Crippen LogP contribution >= 0.6 is 11.6 Å².